The fraction of sp³-hybridized carbons (Fsp3) is 0.281. The van der Waals surface area contributed by atoms with Crippen LogP contribution in [0.4, 0.5) is 0 Å². The number of fused-ring (bicyclic) bond motifs is 7. The number of halogens is 1. The number of aromatic amines is 1. The Hall–Kier alpha value is -4.10. The van der Waals surface area contributed by atoms with Gasteiger partial charge in [-0.1, -0.05) is 74.0 Å². The third kappa shape index (κ3) is 4.54. The Morgan fingerprint density at radius 1 is 1.02 bits per heavy atom. The van der Waals surface area contributed by atoms with Crippen molar-refractivity contribution >= 4 is 40.2 Å². The Morgan fingerprint density at radius 3 is 2.52 bits per heavy atom. The number of rotatable bonds is 7. The van der Waals surface area contributed by atoms with Crippen LogP contribution in [0.25, 0.3) is 10.9 Å². The van der Waals surface area contributed by atoms with Crippen molar-refractivity contribution in [3.63, 3.8) is 0 Å². The highest BCUT2D eigenvalue weighted by Crippen LogP contribution is 2.46. The predicted octanol–water partition coefficient (Wildman–Crippen LogP) is 4.79. The van der Waals surface area contributed by atoms with E-state index in [-0.39, 0.29) is 29.7 Å². The quantitative estimate of drug-likeness (QED) is 0.306. The molecule has 0 radical (unpaired) electrons. The molecule has 0 saturated carbocycles. The summed E-state index contributed by atoms with van der Waals surface area (Å²) in [5, 5.41) is 7.68. The zero-order valence-electron chi connectivity index (χ0n) is 22.4. The molecular weight excluding hydrogens is 524 g/mol. The molecule has 3 amide bonds. The van der Waals surface area contributed by atoms with Crippen LogP contribution in [0, 0.1) is 5.92 Å². The minimum absolute atomic E-state index is 0.144. The highest BCUT2D eigenvalue weighted by Gasteiger charge is 2.49. The fourth-order valence-corrected chi connectivity index (χ4v) is 6.14. The van der Waals surface area contributed by atoms with Crippen molar-refractivity contribution in [3.05, 3.63) is 106 Å². The molecule has 3 N–H and O–H groups in total. The van der Waals surface area contributed by atoms with E-state index in [2.05, 4.69) is 15.6 Å². The molecule has 40 heavy (non-hydrogen) atoms. The van der Waals surface area contributed by atoms with Crippen molar-refractivity contribution in [1.82, 2.24) is 20.5 Å². The fourth-order valence-electron chi connectivity index (χ4n) is 6.01. The van der Waals surface area contributed by atoms with Gasteiger partial charge >= 0.3 is 0 Å². The first-order valence-corrected chi connectivity index (χ1v) is 14.0. The van der Waals surface area contributed by atoms with E-state index in [4.69, 9.17) is 11.6 Å². The molecule has 1 aromatic heterocycles. The van der Waals surface area contributed by atoms with Gasteiger partial charge in [-0.2, -0.15) is 0 Å². The lowest BCUT2D eigenvalue weighted by Crippen LogP contribution is -2.57. The van der Waals surface area contributed by atoms with Crippen molar-refractivity contribution in [2.24, 2.45) is 5.92 Å². The molecule has 0 aliphatic carbocycles. The largest absolute Gasteiger partial charge is 0.356 e. The van der Waals surface area contributed by atoms with Crippen LogP contribution in [0.1, 0.15) is 52.6 Å². The average molecular weight is 555 g/mol. The molecule has 0 bridgehead atoms. The number of carbonyl (C=O) groups excluding carboxylic acids is 3. The zero-order chi connectivity index (χ0) is 28.0. The lowest BCUT2D eigenvalue weighted by molar-refractivity contribution is -0.132. The highest BCUT2D eigenvalue weighted by molar-refractivity contribution is 6.30. The molecule has 7 nitrogen and oxygen atoms in total. The Labute approximate surface area is 237 Å². The molecule has 3 unspecified atom stereocenters. The molecular formula is C32H31ClN4O3. The summed E-state index contributed by atoms with van der Waals surface area (Å²) in [5.74, 6) is -0.880. The van der Waals surface area contributed by atoms with Crippen LogP contribution in [-0.4, -0.2) is 46.2 Å². The molecule has 6 rings (SSSR count). The van der Waals surface area contributed by atoms with Crippen LogP contribution in [0.15, 0.2) is 72.8 Å². The van der Waals surface area contributed by atoms with Gasteiger partial charge in [-0.05, 0) is 53.3 Å². The monoisotopic (exact) mass is 554 g/mol. The van der Waals surface area contributed by atoms with Gasteiger partial charge in [0, 0.05) is 40.1 Å². The third-order valence-corrected chi connectivity index (χ3v) is 8.28. The summed E-state index contributed by atoms with van der Waals surface area (Å²) in [6.45, 7) is 4.24. The molecule has 3 heterocycles. The van der Waals surface area contributed by atoms with E-state index in [1.165, 1.54) is 0 Å². The molecule has 4 aromatic rings. The van der Waals surface area contributed by atoms with Crippen LogP contribution >= 0.6 is 11.6 Å². The lowest BCUT2D eigenvalue weighted by Gasteiger charge is -2.38. The van der Waals surface area contributed by atoms with Gasteiger partial charge in [0.05, 0.1) is 6.04 Å². The van der Waals surface area contributed by atoms with Crippen LogP contribution in [0.5, 0.6) is 0 Å². The summed E-state index contributed by atoms with van der Waals surface area (Å²) in [7, 11) is 0. The van der Waals surface area contributed by atoms with Crippen molar-refractivity contribution in [2.45, 2.75) is 44.8 Å². The summed E-state index contributed by atoms with van der Waals surface area (Å²) in [4.78, 5) is 46.0. The maximum atomic E-state index is 13.9. The van der Waals surface area contributed by atoms with Gasteiger partial charge in [-0.15, -0.1) is 0 Å². The Balaban J connectivity index is 1.25. The van der Waals surface area contributed by atoms with Gasteiger partial charge < -0.3 is 20.5 Å². The van der Waals surface area contributed by atoms with Gasteiger partial charge in [-0.25, -0.2) is 0 Å². The summed E-state index contributed by atoms with van der Waals surface area (Å²) in [6, 6.07) is 21.2. The molecule has 8 heteroatoms. The van der Waals surface area contributed by atoms with E-state index in [9.17, 15) is 14.4 Å². The maximum absolute atomic E-state index is 13.9. The van der Waals surface area contributed by atoms with Crippen LogP contribution in [0.3, 0.4) is 0 Å². The number of H-pyrrole nitrogens is 1. The van der Waals surface area contributed by atoms with Crippen molar-refractivity contribution < 1.29 is 14.4 Å². The van der Waals surface area contributed by atoms with Crippen molar-refractivity contribution in [3.8, 4) is 0 Å². The number of para-hydroxylation sites is 1. The van der Waals surface area contributed by atoms with Crippen molar-refractivity contribution in [2.75, 3.05) is 6.54 Å². The second-order valence-electron chi connectivity index (χ2n) is 10.9. The number of nitrogens with zero attached hydrogens (tertiary/aromatic N) is 1. The first-order valence-electron chi connectivity index (χ1n) is 13.7. The minimum atomic E-state index is -0.750. The van der Waals surface area contributed by atoms with Gasteiger partial charge in [0.2, 0.25) is 11.8 Å². The highest BCUT2D eigenvalue weighted by atomic mass is 35.5. The van der Waals surface area contributed by atoms with E-state index in [0.29, 0.717) is 30.0 Å². The minimum Gasteiger partial charge on any atom is -0.356 e. The molecule has 2 aliphatic heterocycles. The first-order chi connectivity index (χ1) is 19.3. The maximum Gasteiger partial charge on any atom is 0.255 e. The summed E-state index contributed by atoms with van der Waals surface area (Å²) in [6.07, 6.45) is 1.01. The second kappa shape index (κ2) is 10.5. The number of nitrogens with one attached hydrogen (secondary N) is 3. The van der Waals surface area contributed by atoms with E-state index in [0.717, 1.165) is 33.3 Å². The number of carbonyl (C=O) groups is 3. The average Bonchev–Trinajstić information content (AvgIpc) is 3.47. The van der Waals surface area contributed by atoms with Gasteiger partial charge in [0.1, 0.15) is 12.1 Å². The Kier molecular flexibility index (Phi) is 6.84. The van der Waals surface area contributed by atoms with Gasteiger partial charge in [0.25, 0.3) is 5.91 Å². The Morgan fingerprint density at radius 2 is 1.75 bits per heavy atom. The number of aromatic nitrogens is 1. The molecule has 0 spiro atoms. The second-order valence-corrected chi connectivity index (χ2v) is 11.3. The molecule has 0 fully saturated rings. The van der Waals surface area contributed by atoms with Gasteiger partial charge in [0.15, 0.2) is 0 Å². The molecule has 0 saturated heterocycles. The summed E-state index contributed by atoms with van der Waals surface area (Å²) < 4.78 is 0. The first kappa shape index (κ1) is 26.1. The number of benzene rings is 3. The van der Waals surface area contributed by atoms with Crippen molar-refractivity contribution in [1.29, 1.82) is 0 Å². The van der Waals surface area contributed by atoms with E-state index < -0.39 is 12.1 Å². The lowest BCUT2D eigenvalue weighted by atomic mass is 9.89. The summed E-state index contributed by atoms with van der Waals surface area (Å²) >= 11 is 5.97. The number of hydrogen-bond acceptors (Lipinski definition) is 3. The topological polar surface area (TPSA) is 94.3 Å². The third-order valence-electron chi connectivity index (χ3n) is 8.03. The molecule has 3 atom stereocenters. The van der Waals surface area contributed by atoms with Crippen LogP contribution in [-0.2, 0) is 22.4 Å². The Bertz CT molecular complexity index is 1610. The van der Waals surface area contributed by atoms with Gasteiger partial charge in [-0.3, -0.25) is 14.4 Å². The van der Waals surface area contributed by atoms with E-state index in [1.807, 2.05) is 86.6 Å². The van der Waals surface area contributed by atoms with Crippen LogP contribution < -0.4 is 10.6 Å². The molecule has 3 aromatic carbocycles. The van der Waals surface area contributed by atoms with E-state index in [1.54, 1.807) is 4.90 Å². The SMILES string of the molecule is CC(C)C(NC(=O)C1Cc2c([nH]c3ccccc23)C2c3ccccc3C(=O)N12)C(=O)NCCc1ccc(Cl)cc1. The zero-order valence-corrected chi connectivity index (χ0v) is 23.2. The number of amides is 3. The standard InChI is InChI=1S/C32H31ClN4O3/c1-18(2)27(31(39)34-16-15-19-11-13-20(33)14-12-19)36-30(38)26-17-24-21-7-5-6-10-25(21)35-28(24)29-22-8-3-4-9-23(22)32(40)37(26)29/h3-14,18,26-27,29,35H,15-17H2,1-2H3,(H,34,39)(H,36,38). The summed E-state index contributed by atoms with van der Waals surface area (Å²) in [5.41, 5.74) is 5.52. The number of hydrogen-bond donors (Lipinski definition) is 3. The molecule has 204 valence electrons. The van der Waals surface area contributed by atoms with Crippen LogP contribution in [0.2, 0.25) is 5.02 Å². The predicted molar refractivity (Wildman–Crippen MR) is 155 cm³/mol. The normalized spacial score (nSPS) is 18.3. The van der Waals surface area contributed by atoms with E-state index >= 15 is 0 Å². The smallest absolute Gasteiger partial charge is 0.255 e. The molecule has 2 aliphatic rings.